The van der Waals surface area contributed by atoms with E-state index in [0.717, 1.165) is 13.0 Å². The van der Waals surface area contributed by atoms with Gasteiger partial charge >= 0.3 is 0 Å². The van der Waals surface area contributed by atoms with E-state index in [-0.39, 0.29) is 11.1 Å². The molecule has 0 saturated heterocycles. The Balaban J connectivity index is 4.30. The quantitative estimate of drug-likeness (QED) is 0.532. The summed E-state index contributed by atoms with van der Waals surface area (Å²) in [7, 11) is 0. The summed E-state index contributed by atoms with van der Waals surface area (Å²) in [5.41, 5.74) is 5.57. The van der Waals surface area contributed by atoms with Gasteiger partial charge in [0.15, 0.2) is 5.96 Å². The normalized spacial score (nSPS) is 14.2. The van der Waals surface area contributed by atoms with Crippen LogP contribution in [0, 0.1) is 11.8 Å². The molecule has 3 N–H and O–H groups in total. The molecule has 0 amide bonds. The van der Waals surface area contributed by atoms with Gasteiger partial charge in [-0.2, -0.15) is 0 Å². The minimum absolute atomic E-state index is 0.136. The van der Waals surface area contributed by atoms with E-state index in [4.69, 9.17) is 10.5 Å². The van der Waals surface area contributed by atoms with E-state index >= 15 is 0 Å². The van der Waals surface area contributed by atoms with E-state index in [1.54, 1.807) is 0 Å². The fraction of sp³-hybridized carbons (Fsp3) is 0.938. The largest absolute Gasteiger partial charge is 0.373 e. The molecule has 0 aliphatic heterocycles. The third-order valence-electron chi connectivity index (χ3n) is 3.65. The topological polar surface area (TPSA) is 59.6 Å². The van der Waals surface area contributed by atoms with Crippen LogP contribution in [-0.2, 0) is 4.74 Å². The first kappa shape index (κ1) is 19.2. The standard InChI is InChI=1S/C16H35N3O/c1-12(2)9-10-18-14(17)19-15(5,6)11-20-16(7,8)13(3)4/h12-13H,9-11H2,1-8H3,(H3,17,18,19). The minimum atomic E-state index is -0.225. The molecule has 0 aliphatic rings. The Kier molecular flexibility index (Phi) is 7.56. The molecule has 0 radical (unpaired) electrons. The van der Waals surface area contributed by atoms with Crippen LogP contribution < -0.4 is 11.1 Å². The Labute approximate surface area is 125 Å². The molecule has 0 atom stereocenters. The van der Waals surface area contributed by atoms with E-state index in [0.29, 0.717) is 24.4 Å². The predicted molar refractivity (Wildman–Crippen MR) is 88.0 cm³/mol. The van der Waals surface area contributed by atoms with Crippen molar-refractivity contribution in [3.63, 3.8) is 0 Å². The fourth-order valence-corrected chi connectivity index (χ4v) is 1.40. The van der Waals surface area contributed by atoms with E-state index in [1.165, 1.54) is 0 Å². The average molecular weight is 285 g/mol. The number of aliphatic imine (C=N–C) groups is 1. The van der Waals surface area contributed by atoms with E-state index in [1.807, 2.05) is 0 Å². The highest BCUT2D eigenvalue weighted by molar-refractivity contribution is 5.78. The van der Waals surface area contributed by atoms with Gasteiger partial charge in [0.25, 0.3) is 0 Å². The highest BCUT2D eigenvalue weighted by Crippen LogP contribution is 2.21. The average Bonchev–Trinajstić information content (AvgIpc) is 2.25. The number of nitrogens with zero attached hydrogens (tertiary/aromatic N) is 1. The molecule has 120 valence electrons. The van der Waals surface area contributed by atoms with Crippen molar-refractivity contribution in [1.29, 1.82) is 0 Å². The molecule has 0 aliphatic carbocycles. The SMILES string of the molecule is CC(C)CCN=C(N)NC(C)(C)COC(C)(C)C(C)C. The van der Waals surface area contributed by atoms with Gasteiger partial charge in [0.05, 0.1) is 17.7 Å². The van der Waals surface area contributed by atoms with Gasteiger partial charge in [-0.05, 0) is 46.0 Å². The zero-order valence-corrected chi connectivity index (χ0v) is 14.7. The van der Waals surface area contributed by atoms with Crippen LogP contribution in [0.5, 0.6) is 0 Å². The number of nitrogens with one attached hydrogen (secondary N) is 1. The Morgan fingerprint density at radius 2 is 1.70 bits per heavy atom. The van der Waals surface area contributed by atoms with Crippen molar-refractivity contribution in [3.05, 3.63) is 0 Å². The van der Waals surface area contributed by atoms with E-state index < -0.39 is 0 Å². The smallest absolute Gasteiger partial charge is 0.189 e. The molecule has 0 fully saturated rings. The highest BCUT2D eigenvalue weighted by atomic mass is 16.5. The lowest BCUT2D eigenvalue weighted by Gasteiger charge is -2.35. The van der Waals surface area contributed by atoms with Crippen LogP contribution in [0.1, 0.15) is 61.8 Å². The molecule has 0 bridgehead atoms. The second-order valence-corrected chi connectivity index (χ2v) is 7.51. The Bertz CT molecular complexity index is 307. The van der Waals surface area contributed by atoms with Crippen molar-refractivity contribution >= 4 is 5.96 Å². The molecule has 0 heterocycles. The zero-order chi connectivity index (χ0) is 16.0. The molecule has 0 aromatic rings. The van der Waals surface area contributed by atoms with Crippen LogP contribution in [0.2, 0.25) is 0 Å². The minimum Gasteiger partial charge on any atom is -0.373 e. The monoisotopic (exact) mass is 285 g/mol. The van der Waals surface area contributed by atoms with Gasteiger partial charge < -0.3 is 15.8 Å². The number of hydrogen-bond donors (Lipinski definition) is 2. The van der Waals surface area contributed by atoms with Gasteiger partial charge in [0, 0.05) is 6.54 Å². The Hall–Kier alpha value is -0.770. The summed E-state index contributed by atoms with van der Waals surface area (Å²) in [5, 5.41) is 3.24. The van der Waals surface area contributed by atoms with Gasteiger partial charge in [-0.25, -0.2) is 0 Å². The summed E-state index contributed by atoms with van der Waals surface area (Å²) in [4.78, 5) is 4.36. The van der Waals surface area contributed by atoms with Crippen molar-refractivity contribution in [2.45, 2.75) is 73.0 Å². The second-order valence-electron chi connectivity index (χ2n) is 7.51. The summed E-state index contributed by atoms with van der Waals surface area (Å²) < 4.78 is 6.03. The van der Waals surface area contributed by atoms with Crippen LogP contribution in [0.25, 0.3) is 0 Å². The van der Waals surface area contributed by atoms with Crippen molar-refractivity contribution < 1.29 is 4.74 Å². The molecule has 0 spiro atoms. The molecule has 4 heteroatoms. The second kappa shape index (κ2) is 7.87. The Morgan fingerprint density at radius 3 is 2.15 bits per heavy atom. The van der Waals surface area contributed by atoms with Gasteiger partial charge in [0.2, 0.25) is 0 Å². The van der Waals surface area contributed by atoms with E-state index in [9.17, 15) is 0 Å². The van der Waals surface area contributed by atoms with Crippen LogP contribution in [-0.4, -0.2) is 30.3 Å². The maximum absolute atomic E-state index is 6.03. The molecule has 0 saturated carbocycles. The molecule has 20 heavy (non-hydrogen) atoms. The van der Waals surface area contributed by atoms with Crippen LogP contribution in [0.3, 0.4) is 0 Å². The lowest BCUT2D eigenvalue weighted by atomic mass is 9.94. The number of ether oxygens (including phenoxy) is 1. The first-order chi connectivity index (χ1) is 8.96. The summed E-state index contributed by atoms with van der Waals surface area (Å²) in [6.45, 7) is 18.5. The van der Waals surface area contributed by atoms with Crippen LogP contribution >= 0.6 is 0 Å². The molecular weight excluding hydrogens is 250 g/mol. The number of nitrogens with two attached hydrogens (primary N) is 1. The van der Waals surface area contributed by atoms with Crippen molar-refractivity contribution in [2.75, 3.05) is 13.2 Å². The van der Waals surface area contributed by atoms with Gasteiger partial charge in [-0.3, -0.25) is 4.99 Å². The molecule has 0 unspecified atom stereocenters. The van der Waals surface area contributed by atoms with E-state index in [2.05, 4.69) is 65.7 Å². The lowest BCUT2D eigenvalue weighted by Crippen LogP contribution is -2.52. The highest BCUT2D eigenvalue weighted by Gasteiger charge is 2.27. The first-order valence-corrected chi connectivity index (χ1v) is 7.68. The maximum atomic E-state index is 6.03. The number of hydrogen-bond acceptors (Lipinski definition) is 2. The third kappa shape index (κ3) is 8.41. The number of guanidine groups is 1. The molecular formula is C16H35N3O. The van der Waals surface area contributed by atoms with Crippen LogP contribution in [0.4, 0.5) is 0 Å². The fourth-order valence-electron chi connectivity index (χ4n) is 1.40. The summed E-state index contributed by atoms with van der Waals surface area (Å²) in [5.74, 6) is 1.62. The van der Waals surface area contributed by atoms with Gasteiger partial charge in [0.1, 0.15) is 0 Å². The van der Waals surface area contributed by atoms with Gasteiger partial charge in [-0.1, -0.05) is 27.7 Å². The van der Waals surface area contributed by atoms with Crippen LogP contribution in [0.15, 0.2) is 4.99 Å². The maximum Gasteiger partial charge on any atom is 0.189 e. The lowest BCUT2D eigenvalue weighted by molar-refractivity contribution is -0.0683. The first-order valence-electron chi connectivity index (χ1n) is 7.68. The molecule has 4 nitrogen and oxygen atoms in total. The van der Waals surface area contributed by atoms with Crippen molar-refractivity contribution in [3.8, 4) is 0 Å². The van der Waals surface area contributed by atoms with Gasteiger partial charge in [-0.15, -0.1) is 0 Å². The summed E-state index contributed by atoms with van der Waals surface area (Å²) in [6.07, 6.45) is 1.06. The molecule has 0 rings (SSSR count). The summed E-state index contributed by atoms with van der Waals surface area (Å²) in [6, 6.07) is 0. The third-order valence-corrected chi connectivity index (χ3v) is 3.65. The van der Waals surface area contributed by atoms with Crippen molar-refractivity contribution in [2.24, 2.45) is 22.6 Å². The summed E-state index contributed by atoms with van der Waals surface area (Å²) >= 11 is 0. The molecule has 0 aromatic heterocycles. The Morgan fingerprint density at radius 1 is 1.15 bits per heavy atom. The molecule has 0 aromatic carbocycles. The zero-order valence-electron chi connectivity index (χ0n) is 14.7. The predicted octanol–water partition coefficient (Wildman–Crippen LogP) is 3.17. The van der Waals surface area contributed by atoms with Crippen molar-refractivity contribution in [1.82, 2.24) is 5.32 Å². The number of rotatable bonds is 8.